The van der Waals surface area contributed by atoms with Gasteiger partial charge in [0.25, 0.3) is 0 Å². The van der Waals surface area contributed by atoms with Crippen LogP contribution in [0.15, 0.2) is 72.8 Å². The van der Waals surface area contributed by atoms with Crippen molar-refractivity contribution in [2.75, 3.05) is 11.9 Å². The molecule has 0 radical (unpaired) electrons. The number of benzene rings is 3. The molecule has 3 rings (SSSR count). The molecule has 2 N–H and O–H groups in total. The number of hydrogen-bond acceptors (Lipinski definition) is 3. The molecule has 3 aromatic carbocycles. The van der Waals surface area contributed by atoms with Crippen molar-refractivity contribution in [1.82, 2.24) is 5.32 Å². The Labute approximate surface area is 165 Å². The molecular weight excluding hydrogens is 346 g/mol. The number of nitrogens with zero attached hydrogens (tertiary/aromatic N) is 1. The number of rotatable bonds is 6. The maximum Gasteiger partial charge on any atom is 0.238 e. The van der Waals surface area contributed by atoms with Crippen molar-refractivity contribution in [2.24, 2.45) is 0 Å². The van der Waals surface area contributed by atoms with Crippen LogP contribution in [0.1, 0.15) is 33.9 Å². The average molecular weight is 369 g/mol. The van der Waals surface area contributed by atoms with Crippen LogP contribution in [0.25, 0.3) is 0 Å². The smallest absolute Gasteiger partial charge is 0.238 e. The molecule has 0 fully saturated rings. The van der Waals surface area contributed by atoms with Gasteiger partial charge in [-0.2, -0.15) is 5.26 Å². The highest BCUT2D eigenvalue weighted by Gasteiger charge is 2.16. The van der Waals surface area contributed by atoms with E-state index >= 15 is 0 Å². The van der Waals surface area contributed by atoms with Gasteiger partial charge in [0.1, 0.15) is 6.07 Å². The van der Waals surface area contributed by atoms with Crippen molar-refractivity contribution in [3.05, 3.63) is 101 Å². The van der Waals surface area contributed by atoms with Gasteiger partial charge in [-0.05, 0) is 48.2 Å². The second-order valence-electron chi connectivity index (χ2n) is 6.77. The van der Waals surface area contributed by atoms with Gasteiger partial charge in [0, 0.05) is 0 Å². The number of amides is 1. The predicted molar refractivity (Wildman–Crippen MR) is 112 cm³/mol. The highest BCUT2D eigenvalue weighted by Crippen LogP contribution is 2.24. The average Bonchev–Trinajstić information content (AvgIpc) is 2.72. The van der Waals surface area contributed by atoms with Gasteiger partial charge in [-0.3, -0.25) is 10.1 Å². The molecule has 0 heterocycles. The van der Waals surface area contributed by atoms with Gasteiger partial charge < -0.3 is 5.32 Å². The molecule has 140 valence electrons. The van der Waals surface area contributed by atoms with E-state index in [0.717, 1.165) is 11.1 Å². The number of carbonyl (C=O) groups is 1. The Morgan fingerprint density at radius 3 is 2.36 bits per heavy atom. The fraction of sp³-hybridized carbons (Fsp3) is 0.167. The van der Waals surface area contributed by atoms with E-state index in [4.69, 9.17) is 0 Å². The van der Waals surface area contributed by atoms with Gasteiger partial charge in [0.05, 0.1) is 23.8 Å². The van der Waals surface area contributed by atoms with Gasteiger partial charge in [0.15, 0.2) is 0 Å². The van der Waals surface area contributed by atoms with Crippen LogP contribution in [0.2, 0.25) is 0 Å². The van der Waals surface area contributed by atoms with Crippen LogP contribution in [0.5, 0.6) is 0 Å². The lowest BCUT2D eigenvalue weighted by molar-refractivity contribution is -0.115. The molecule has 4 nitrogen and oxygen atoms in total. The number of nitriles is 1. The van der Waals surface area contributed by atoms with Crippen LogP contribution in [-0.4, -0.2) is 12.5 Å². The minimum absolute atomic E-state index is 0.0996. The maximum atomic E-state index is 12.5. The first-order chi connectivity index (χ1) is 13.6. The molecule has 28 heavy (non-hydrogen) atoms. The number of para-hydroxylation sites is 1. The minimum Gasteiger partial charge on any atom is -0.324 e. The zero-order valence-electron chi connectivity index (χ0n) is 16.1. The van der Waals surface area contributed by atoms with E-state index in [1.807, 2.05) is 18.2 Å². The molecule has 4 heteroatoms. The lowest BCUT2D eigenvalue weighted by Crippen LogP contribution is -2.32. The van der Waals surface area contributed by atoms with E-state index in [1.54, 1.807) is 24.3 Å². The molecule has 0 spiro atoms. The number of hydrogen-bond donors (Lipinski definition) is 2. The molecule has 0 saturated heterocycles. The summed E-state index contributed by atoms with van der Waals surface area (Å²) in [7, 11) is 0. The zero-order valence-corrected chi connectivity index (χ0v) is 16.1. The first kappa shape index (κ1) is 19.3. The summed E-state index contributed by atoms with van der Waals surface area (Å²) >= 11 is 0. The Kier molecular flexibility index (Phi) is 6.21. The van der Waals surface area contributed by atoms with Crippen molar-refractivity contribution in [3.63, 3.8) is 0 Å². The summed E-state index contributed by atoms with van der Waals surface area (Å²) in [5.41, 5.74) is 5.63. The Hall–Kier alpha value is -3.42. The number of carbonyl (C=O) groups excluding carboxylic acids is 1. The summed E-state index contributed by atoms with van der Waals surface area (Å²) in [6.45, 7) is 4.31. The van der Waals surface area contributed by atoms with Gasteiger partial charge in [-0.1, -0.05) is 60.7 Å². The summed E-state index contributed by atoms with van der Waals surface area (Å²) in [6.07, 6.45) is 0. The van der Waals surface area contributed by atoms with Gasteiger partial charge in [-0.25, -0.2) is 0 Å². The molecule has 0 saturated carbocycles. The van der Waals surface area contributed by atoms with Crippen molar-refractivity contribution in [3.8, 4) is 6.07 Å². The van der Waals surface area contributed by atoms with Crippen LogP contribution in [0.3, 0.4) is 0 Å². The van der Waals surface area contributed by atoms with E-state index in [0.29, 0.717) is 11.3 Å². The summed E-state index contributed by atoms with van der Waals surface area (Å²) in [5, 5.41) is 15.4. The molecule has 0 aliphatic rings. The SMILES string of the molecule is Cc1ccc([C@@H](NCC(=O)Nc2ccccc2C#N)c2ccccc2)cc1C. The first-order valence-electron chi connectivity index (χ1n) is 9.23. The number of aryl methyl sites for hydroxylation is 2. The minimum atomic E-state index is -0.188. The fourth-order valence-electron chi connectivity index (χ4n) is 3.10. The monoisotopic (exact) mass is 369 g/mol. The van der Waals surface area contributed by atoms with E-state index in [-0.39, 0.29) is 18.5 Å². The van der Waals surface area contributed by atoms with Crippen molar-refractivity contribution in [2.45, 2.75) is 19.9 Å². The third kappa shape index (κ3) is 4.64. The second kappa shape index (κ2) is 8.98. The van der Waals surface area contributed by atoms with Gasteiger partial charge >= 0.3 is 0 Å². The summed E-state index contributed by atoms with van der Waals surface area (Å²) in [6, 6.07) is 25.4. The Morgan fingerprint density at radius 1 is 0.929 bits per heavy atom. The fourth-order valence-corrected chi connectivity index (χ4v) is 3.10. The molecule has 1 amide bonds. The summed E-state index contributed by atoms with van der Waals surface area (Å²) < 4.78 is 0. The van der Waals surface area contributed by atoms with Crippen LogP contribution in [0, 0.1) is 25.2 Å². The molecule has 3 aromatic rings. The second-order valence-corrected chi connectivity index (χ2v) is 6.77. The van der Waals surface area contributed by atoms with E-state index in [9.17, 15) is 10.1 Å². The number of nitrogens with one attached hydrogen (secondary N) is 2. The maximum absolute atomic E-state index is 12.5. The normalized spacial score (nSPS) is 11.5. The van der Waals surface area contributed by atoms with Crippen LogP contribution < -0.4 is 10.6 Å². The quantitative estimate of drug-likeness (QED) is 0.673. The summed E-state index contributed by atoms with van der Waals surface area (Å²) in [4.78, 5) is 12.5. The first-order valence-corrected chi connectivity index (χ1v) is 9.23. The predicted octanol–water partition coefficient (Wildman–Crippen LogP) is 4.49. The molecule has 0 aliphatic heterocycles. The molecule has 0 unspecified atom stereocenters. The van der Waals surface area contributed by atoms with Crippen molar-refractivity contribution in [1.29, 1.82) is 5.26 Å². The standard InChI is InChI=1S/C24H23N3O/c1-17-12-13-20(14-18(17)2)24(19-8-4-3-5-9-19)26-16-23(28)27-22-11-7-6-10-21(22)15-25/h3-14,24,26H,16H2,1-2H3,(H,27,28)/t24-/m0/s1. The molecule has 0 aliphatic carbocycles. The Morgan fingerprint density at radius 2 is 1.64 bits per heavy atom. The van der Waals surface area contributed by atoms with Crippen molar-refractivity contribution < 1.29 is 4.79 Å². The van der Waals surface area contributed by atoms with Crippen LogP contribution in [-0.2, 0) is 4.79 Å². The van der Waals surface area contributed by atoms with E-state index in [2.05, 4.69) is 60.9 Å². The van der Waals surface area contributed by atoms with Crippen LogP contribution >= 0.6 is 0 Å². The van der Waals surface area contributed by atoms with Gasteiger partial charge in [0.2, 0.25) is 5.91 Å². The zero-order chi connectivity index (χ0) is 19.9. The molecule has 0 aromatic heterocycles. The molecule has 1 atom stereocenters. The third-order valence-corrected chi connectivity index (χ3v) is 4.79. The Balaban J connectivity index is 1.77. The topological polar surface area (TPSA) is 64.9 Å². The summed E-state index contributed by atoms with van der Waals surface area (Å²) in [5.74, 6) is -0.188. The highest BCUT2D eigenvalue weighted by molar-refractivity contribution is 5.93. The lowest BCUT2D eigenvalue weighted by Gasteiger charge is -2.21. The van der Waals surface area contributed by atoms with Gasteiger partial charge in [-0.15, -0.1) is 0 Å². The highest BCUT2D eigenvalue weighted by atomic mass is 16.1. The third-order valence-electron chi connectivity index (χ3n) is 4.79. The molecule has 0 bridgehead atoms. The number of anilines is 1. The lowest BCUT2D eigenvalue weighted by atomic mass is 9.95. The largest absolute Gasteiger partial charge is 0.324 e. The van der Waals surface area contributed by atoms with E-state index in [1.165, 1.54) is 11.1 Å². The van der Waals surface area contributed by atoms with Crippen LogP contribution in [0.4, 0.5) is 5.69 Å². The Bertz CT molecular complexity index is 1010. The van der Waals surface area contributed by atoms with Crippen molar-refractivity contribution >= 4 is 11.6 Å². The van der Waals surface area contributed by atoms with E-state index < -0.39 is 0 Å². The molecular formula is C24H23N3O.